The molecule has 0 unspecified atom stereocenters. The van der Waals surface area contributed by atoms with E-state index >= 15 is 0 Å². The Labute approximate surface area is 121 Å². The predicted molar refractivity (Wildman–Crippen MR) is 76.1 cm³/mol. The minimum absolute atomic E-state index is 0.192. The van der Waals surface area contributed by atoms with Crippen molar-refractivity contribution in [3.8, 4) is 0 Å². The summed E-state index contributed by atoms with van der Waals surface area (Å²) in [7, 11) is 0. The van der Waals surface area contributed by atoms with E-state index in [4.69, 9.17) is 16.3 Å². The number of oxime groups is 1. The van der Waals surface area contributed by atoms with Crippen molar-refractivity contribution in [2.24, 2.45) is 5.16 Å². The summed E-state index contributed by atoms with van der Waals surface area (Å²) >= 11 is 5.59. The second kappa shape index (κ2) is 8.16. The number of benzene rings is 1. The highest BCUT2D eigenvalue weighted by molar-refractivity contribution is 6.65. The lowest BCUT2D eigenvalue weighted by atomic mass is 10.2. The summed E-state index contributed by atoms with van der Waals surface area (Å²) in [6.45, 7) is 3.81. The van der Waals surface area contributed by atoms with Crippen molar-refractivity contribution < 1.29 is 19.2 Å². The van der Waals surface area contributed by atoms with Crippen molar-refractivity contribution in [3.05, 3.63) is 29.8 Å². The van der Waals surface area contributed by atoms with Crippen LogP contribution in [-0.4, -0.2) is 23.8 Å². The maximum absolute atomic E-state index is 11.4. The summed E-state index contributed by atoms with van der Waals surface area (Å²) in [5.41, 5.74) is 0.865. The van der Waals surface area contributed by atoms with Gasteiger partial charge in [0.25, 0.3) is 0 Å². The first-order valence-electron chi connectivity index (χ1n) is 6.04. The average Bonchev–Trinajstić information content (AvgIpc) is 2.45. The van der Waals surface area contributed by atoms with Crippen LogP contribution in [0.2, 0.25) is 0 Å². The Kier molecular flexibility index (Phi) is 6.52. The number of hydrogen-bond donors (Lipinski definition) is 1. The van der Waals surface area contributed by atoms with Crippen LogP contribution in [0.4, 0.5) is 10.5 Å². The number of nitrogens with zero attached hydrogens (tertiary/aromatic N) is 1. The van der Waals surface area contributed by atoms with Crippen molar-refractivity contribution >= 4 is 34.5 Å². The molecule has 1 N–H and O–H groups in total. The molecule has 1 aromatic carbocycles. The van der Waals surface area contributed by atoms with Crippen LogP contribution in [0.1, 0.15) is 30.6 Å². The second-order valence-corrected chi connectivity index (χ2v) is 4.06. The van der Waals surface area contributed by atoms with Crippen molar-refractivity contribution in [3.63, 3.8) is 0 Å². The third-order valence-corrected chi connectivity index (χ3v) is 2.50. The zero-order chi connectivity index (χ0) is 15.0. The number of amides is 1. The van der Waals surface area contributed by atoms with E-state index in [1.807, 2.05) is 0 Å². The highest BCUT2D eigenvalue weighted by Gasteiger charge is 2.07. The molecule has 0 aliphatic rings. The van der Waals surface area contributed by atoms with E-state index in [0.717, 1.165) is 0 Å². The fraction of sp³-hybridized carbons (Fsp3) is 0.308. The van der Waals surface area contributed by atoms with Crippen LogP contribution < -0.4 is 5.32 Å². The van der Waals surface area contributed by atoms with Gasteiger partial charge in [-0.3, -0.25) is 10.2 Å². The third kappa shape index (κ3) is 5.27. The van der Waals surface area contributed by atoms with Gasteiger partial charge in [-0.2, -0.15) is 0 Å². The first kappa shape index (κ1) is 16.0. The van der Waals surface area contributed by atoms with E-state index in [1.165, 1.54) is 12.1 Å². The monoisotopic (exact) mass is 298 g/mol. The van der Waals surface area contributed by atoms with Crippen LogP contribution in [0.5, 0.6) is 0 Å². The van der Waals surface area contributed by atoms with Gasteiger partial charge in [0.2, 0.25) is 0 Å². The number of ether oxygens (including phenoxy) is 1. The molecule has 0 aromatic heterocycles. The molecule has 0 bridgehead atoms. The molecule has 0 saturated heterocycles. The highest BCUT2D eigenvalue weighted by Crippen LogP contribution is 2.11. The first-order chi connectivity index (χ1) is 9.56. The predicted octanol–water partition coefficient (Wildman–Crippen LogP) is 3.37. The molecular formula is C13H15ClN2O4. The fourth-order valence-electron chi connectivity index (χ4n) is 1.20. The number of rotatable bonds is 5. The molecular weight excluding hydrogens is 284 g/mol. The van der Waals surface area contributed by atoms with Crippen LogP contribution in [-0.2, 0) is 9.57 Å². The number of anilines is 1. The van der Waals surface area contributed by atoms with E-state index in [1.54, 1.807) is 26.0 Å². The lowest BCUT2D eigenvalue weighted by molar-refractivity contribution is 0.0526. The summed E-state index contributed by atoms with van der Waals surface area (Å²) in [5.74, 6) is -0.416. The molecule has 0 fully saturated rings. The lowest BCUT2D eigenvalue weighted by Crippen LogP contribution is -2.11. The average molecular weight is 299 g/mol. The van der Waals surface area contributed by atoms with Gasteiger partial charge in [-0.1, -0.05) is 23.7 Å². The molecule has 108 valence electrons. The molecule has 0 atom stereocenters. The van der Waals surface area contributed by atoms with Gasteiger partial charge in [-0.25, -0.2) is 9.59 Å². The smallest absolute Gasteiger partial charge is 0.437 e. The summed E-state index contributed by atoms with van der Waals surface area (Å²) in [6, 6.07) is 6.18. The van der Waals surface area contributed by atoms with Gasteiger partial charge in [-0.15, -0.1) is 0 Å². The second-order valence-electron chi connectivity index (χ2n) is 3.62. The van der Waals surface area contributed by atoms with Crippen LogP contribution in [0, 0.1) is 0 Å². The third-order valence-electron chi connectivity index (χ3n) is 2.16. The topological polar surface area (TPSA) is 77.0 Å². The molecule has 1 rings (SSSR count). The normalized spacial score (nSPS) is 10.8. The SMILES string of the molecule is CCOC(=O)c1ccc(NC(=O)O/N=C(\Cl)CC)cc1. The molecule has 0 spiro atoms. The number of nitrogens with one attached hydrogen (secondary N) is 1. The standard InChI is InChI=1S/C13H15ClN2O4/c1-3-11(14)16-20-13(18)15-10-7-5-9(6-8-10)12(17)19-4-2/h5-8H,3-4H2,1-2H3,(H,15,18)/b16-11-. The number of carbonyl (C=O) groups excluding carboxylic acids is 2. The van der Waals surface area contributed by atoms with E-state index < -0.39 is 12.1 Å². The largest absolute Gasteiger partial charge is 0.462 e. The summed E-state index contributed by atoms with van der Waals surface area (Å²) in [5, 5.41) is 6.04. The molecule has 7 heteroatoms. The van der Waals surface area contributed by atoms with Gasteiger partial charge in [0, 0.05) is 12.1 Å². The highest BCUT2D eigenvalue weighted by atomic mass is 35.5. The molecule has 0 aliphatic heterocycles. The summed E-state index contributed by atoms with van der Waals surface area (Å²) in [6.07, 6.45) is -0.288. The van der Waals surface area contributed by atoms with Crippen molar-refractivity contribution in [2.45, 2.75) is 20.3 Å². The molecule has 6 nitrogen and oxygen atoms in total. The van der Waals surface area contributed by atoms with E-state index in [-0.39, 0.29) is 5.17 Å². The Morgan fingerprint density at radius 3 is 2.45 bits per heavy atom. The zero-order valence-electron chi connectivity index (χ0n) is 11.2. The molecule has 20 heavy (non-hydrogen) atoms. The van der Waals surface area contributed by atoms with Crippen LogP contribution >= 0.6 is 11.6 Å². The number of carbonyl (C=O) groups is 2. The maximum Gasteiger partial charge on any atom is 0.437 e. The molecule has 0 heterocycles. The Morgan fingerprint density at radius 2 is 1.90 bits per heavy atom. The van der Waals surface area contributed by atoms with Gasteiger partial charge >= 0.3 is 12.1 Å². The number of hydrogen-bond acceptors (Lipinski definition) is 5. The van der Waals surface area contributed by atoms with Crippen LogP contribution in [0.25, 0.3) is 0 Å². The van der Waals surface area contributed by atoms with E-state index in [2.05, 4.69) is 15.3 Å². The van der Waals surface area contributed by atoms with Crippen LogP contribution in [0.15, 0.2) is 29.4 Å². The zero-order valence-corrected chi connectivity index (χ0v) is 11.9. The van der Waals surface area contributed by atoms with Gasteiger partial charge in [0.05, 0.1) is 12.2 Å². The van der Waals surface area contributed by atoms with Crippen molar-refractivity contribution in [1.29, 1.82) is 0 Å². The molecule has 0 saturated carbocycles. The van der Waals surface area contributed by atoms with Crippen LogP contribution in [0.3, 0.4) is 0 Å². The number of esters is 1. The quantitative estimate of drug-likeness (QED) is 0.391. The first-order valence-corrected chi connectivity index (χ1v) is 6.42. The Morgan fingerprint density at radius 1 is 1.25 bits per heavy atom. The van der Waals surface area contributed by atoms with Crippen molar-refractivity contribution in [1.82, 2.24) is 0 Å². The summed E-state index contributed by atoms with van der Waals surface area (Å²) < 4.78 is 4.84. The molecule has 1 amide bonds. The fourth-order valence-corrected chi connectivity index (χ4v) is 1.23. The molecule has 0 aliphatic carbocycles. The van der Waals surface area contributed by atoms with Gasteiger partial charge < -0.3 is 4.74 Å². The minimum atomic E-state index is -0.763. The molecule has 1 aromatic rings. The van der Waals surface area contributed by atoms with Gasteiger partial charge in [0.15, 0.2) is 0 Å². The van der Waals surface area contributed by atoms with E-state index in [0.29, 0.717) is 24.3 Å². The van der Waals surface area contributed by atoms with E-state index in [9.17, 15) is 9.59 Å². The molecule has 0 radical (unpaired) electrons. The number of halogens is 1. The summed E-state index contributed by atoms with van der Waals surface area (Å²) in [4.78, 5) is 27.3. The Balaban J connectivity index is 2.57. The van der Waals surface area contributed by atoms with Gasteiger partial charge in [0.1, 0.15) is 5.17 Å². The Hall–Kier alpha value is -2.08. The minimum Gasteiger partial charge on any atom is -0.462 e. The van der Waals surface area contributed by atoms with Crippen molar-refractivity contribution in [2.75, 3.05) is 11.9 Å². The maximum atomic E-state index is 11.4. The Bertz CT molecular complexity index is 500. The lowest BCUT2D eigenvalue weighted by Gasteiger charge is -2.05. The van der Waals surface area contributed by atoms with Gasteiger partial charge in [-0.05, 0) is 31.2 Å².